The summed E-state index contributed by atoms with van der Waals surface area (Å²) in [6, 6.07) is 22.6. The summed E-state index contributed by atoms with van der Waals surface area (Å²) in [6.07, 6.45) is 2.42. The third kappa shape index (κ3) is 2.91. The quantitative estimate of drug-likeness (QED) is 0.287. The fourth-order valence-electron chi connectivity index (χ4n) is 3.85. The van der Waals surface area contributed by atoms with Gasteiger partial charge in [0.2, 0.25) is 0 Å². The highest BCUT2D eigenvalue weighted by molar-refractivity contribution is 7.13. The molecule has 0 aliphatic rings. The number of unbranched alkanes of at least 4 members (excludes halogenated alkanes) is 1. The van der Waals surface area contributed by atoms with E-state index in [9.17, 15) is 0 Å². The highest BCUT2D eigenvalue weighted by Crippen LogP contribution is 2.37. The average Bonchev–Trinajstić information content (AvgIpc) is 3.46. The highest BCUT2D eigenvalue weighted by atomic mass is 32.1. The molecule has 0 N–H and O–H groups in total. The SMILES string of the molecule is CCCCn1c2ccc(-c3cccs3)cc2c2cc(-c3cccs3)ccc21. The van der Waals surface area contributed by atoms with Gasteiger partial charge >= 0.3 is 0 Å². The van der Waals surface area contributed by atoms with Crippen LogP contribution in [-0.4, -0.2) is 4.57 Å². The van der Waals surface area contributed by atoms with Crippen LogP contribution < -0.4 is 0 Å². The maximum Gasteiger partial charge on any atom is 0.0491 e. The molecule has 2 aromatic carbocycles. The van der Waals surface area contributed by atoms with Crippen LogP contribution in [0.2, 0.25) is 0 Å². The Labute approximate surface area is 167 Å². The van der Waals surface area contributed by atoms with Crippen LogP contribution in [0.4, 0.5) is 0 Å². The van der Waals surface area contributed by atoms with Gasteiger partial charge in [0.25, 0.3) is 0 Å². The number of rotatable bonds is 5. The van der Waals surface area contributed by atoms with Gasteiger partial charge in [0.1, 0.15) is 0 Å². The van der Waals surface area contributed by atoms with Crippen molar-refractivity contribution in [1.29, 1.82) is 0 Å². The summed E-state index contributed by atoms with van der Waals surface area (Å²) in [5.41, 5.74) is 5.33. The zero-order chi connectivity index (χ0) is 18.2. The molecule has 0 saturated carbocycles. The van der Waals surface area contributed by atoms with E-state index in [1.54, 1.807) is 22.7 Å². The Kier molecular flexibility index (Phi) is 4.35. The molecule has 5 rings (SSSR count). The Morgan fingerprint density at radius 2 is 1.30 bits per heavy atom. The number of benzene rings is 2. The van der Waals surface area contributed by atoms with Crippen molar-refractivity contribution in [2.45, 2.75) is 26.3 Å². The van der Waals surface area contributed by atoms with Gasteiger partial charge in [-0.05, 0) is 64.7 Å². The van der Waals surface area contributed by atoms with Gasteiger partial charge in [0.05, 0.1) is 0 Å². The number of hydrogen-bond acceptors (Lipinski definition) is 2. The lowest BCUT2D eigenvalue weighted by atomic mass is 10.1. The summed E-state index contributed by atoms with van der Waals surface area (Å²) in [4.78, 5) is 2.67. The van der Waals surface area contributed by atoms with Gasteiger partial charge in [-0.2, -0.15) is 0 Å². The molecule has 3 heteroatoms. The third-order valence-corrected chi connectivity index (χ3v) is 7.05. The molecule has 0 spiro atoms. The lowest BCUT2D eigenvalue weighted by Crippen LogP contribution is -1.96. The average molecular weight is 388 g/mol. The second-order valence-electron chi connectivity index (χ2n) is 6.92. The fraction of sp³-hybridized carbons (Fsp3) is 0.167. The molecule has 0 unspecified atom stereocenters. The van der Waals surface area contributed by atoms with Crippen molar-refractivity contribution >= 4 is 44.5 Å². The summed E-state index contributed by atoms with van der Waals surface area (Å²) < 4.78 is 2.50. The van der Waals surface area contributed by atoms with Gasteiger partial charge in [0, 0.05) is 38.1 Å². The van der Waals surface area contributed by atoms with Crippen LogP contribution in [0.15, 0.2) is 71.4 Å². The van der Waals surface area contributed by atoms with E-state index in [1.807, 2.05) is 0 Å². The normalized spacial score (nSPS) is 11.6. The van der Waals surface area contributed by atoms with E-state index in [0.29, 0.717) is 0 Å². The number of fused-ring (bicyclic) bond motifs is 3. The van der Waals surface area contributed by atoms with Crippen molar-refractivity contribution in [1.82, 2.24) is 4.57 Å². The molecular formula is C24H21NS2. The minimum Gasteiger partial charge on any atom is -0.340 e. The molecule has 0 radical (unpaired) electrons. The standard InChI is InChI=1S/C24H21NS2/c1-2-3-12-25-21-10-8-17(23-6-4-13-26-23)15-19(21)20-16-18(9-11-22(20)25)24-7-5-14-27-24/h4-11,13-16H,2-3,12H2,1H3. The largest absolute Gasteiger partial charge is 0.340 e. The Balaban J connectivity index is 1.77. The Morgan fingerprint density at radius 1 is 0.741 bits per heavy atom. The zero-order valence-electron chi connectivity index (χ0n) is 15.3. The lowest BCUT2D eigenvalue weighted by Gasteiger charge is -2.07. The van der Waals surface area contributed by atoms with Gasteiger partial charge in [-0.15, -0.1) is 22.7 Å². The smallest absolute Gasteiger partial charge is 0.0491 e. The molecule has 0 bridgehead atoms. The molecule has 0 fully saturated rings. The second-order valence-corrected chi connectivity index (χ2v) is 8.82. The van der Waals surface area contributed by atoms with Gasteiger partial charge < -0.3 is 4.57 Å². The molecule has 5 aromatic rings. The van der Waals surface area contributed by atoms with E-state index in [-0.39, 0.29) is 0 Å². The molecule has 0 atom stereocenters. The number of nitrogens with zero attached hydrogens (tertiary/aromatic N) is 1. The lowest BCUT2D eigenvalue weighted by molar-refractivity contribution is 0.665. The summed E-state index contributed by atoms with van der Waals surface area (Å²) in [6.45, 7) is 3.34. The molecule has 0 aliphatic carbocycles. The van der Waals surface area contributed by atoms with Crippen molar-refractivity contribution in [3.63, 3.8) is 0 Å². The second kappa shape index (κ2) is 6.99. The van der Waals surface area contributed by atoms with Crippen LogP contribution in [0.25, 0.3) is 42.7 Å². The third-order valence-electron chi connectivity index (χ3n) is 5.21. The van der Waals surface area contributed by atoms with E-state index in [2.05, 4.69) is 82.9 Å². The molecule has 0 amide bonds. The molecule has 1 nitrogen and oxygen atoms in total. The minimum absolute atomic E-state index is 1.08. The van der Waals surface area contributed by atoms with Crippen molar-refractivity contribution in [3.05, 3.63) is 71.4 Å². The Morgan fingerprint density at radius 3 is 1.74 bits per heavy atom. The van der Waals surface area contributed by atoms with Gasteiger partial charge in [-0.1, -0.05) is 37.6 Å². The maximum atomic E-state index is 2.50. The molecule has 134 valence electrons. The van der Waals surface area contributed by atoms with Crippen LogP contribution in [0.5, 0.6) is 0 Å². The first-order valence-electron chi connectivity index (χ1n) is 9.49. The van der Waals surface area contributed by atoms with E-state index in [1.165, 1.54) is 55.5 Å². The van der Waals surface area contributed by atoms with Crippen molar-refractivity contribution in [3.8, 4) is 20.9 Å². The highest BCUT2D eigenvalue weighted by Gasteiger charge is 2.13. The van der Waals surface area contributed by atoms with E-state index in [0.717, 1.165) is 6.54 Å². The summed E-state index contributed by atoms with van der Waals surface area (Å²) in [7, 11) is 0. The Hall–Kier alpha value is -2.36. The predicted molar refractivity (Wildman–Crippen MR) is 121 cm³/mol. The van der Waals surface area contributed by atoms with E-state index >= 15 is 0 Å². The molecular weight excluding hydrogens is 366 g/mol. The van der Waals surface area contributed by atoms with Crippen LogP contribution in [0.1, 0.15) is 19.8 Å². The number of thiophene rings is 2. The van der Waals surface area contributed by atoms with Gasteiger partial charge in [-0.25, -0.2) is 0 Å². The van der Waals surface area contributed by atoms with E-state index in [4.69, 9.17) is 0 Å². The first kappa shape index (κ1) is 16.8. The summed E-state index contributed by atoms with van der Waals surface area (Å²) >= 11 is 3.61. The first-order valence-corrected chi connectivity index (χ1v) is 11.2. The van der Waals surface area contributed by atoms with Gasteiger partial charge in [-0.3, -0.25) is 0 Å². The zero-order valence-corrected chi connectivity index (χ0v) is 16.9. The van der Waals surface area contributed by atoms with Gasteiger partial charge in [0.15, 0.2) is 0 Å². The molecule has 3 aromatic heterocycles. The van der Waals surface area contributed by atoms with Crippen molar-refractivity contribution in [2.24, 2.45) is 0 Å². The van der Waals surface area contributed by atoms with Crippen molar-refractivity contribution < 1.29 is 0 Å². The number of aromatic nitrogens is 1. The Bertz CT molecular complexity index is 1100. The van der Waals surface area contributed by atoms with Crippen LogP contribution in [0, 0.1) is 0 Å². The first-order chi connectivity index (χ1) is 13.3. The fourth-order valence-corrected chi connectivity index (χ4v) is 5.30. The maximum absolute atomic E-state index is 2.50. The topological polar surface area (TPSA) is 4.93 Å². The van der Waals surface area contributed by atoms with E-state index < -0.39 is 0 Å². The monoisotopic (exact) mass is 387 g/mol. The minimum atomic E-state index is 1.08. The summed E-state index contributed by atoms with van der Waals surface area (Å²) in [5.74, 6) is 0. The van der Waals surface area contributed by atoms with Crippen LogP contribution >= 0.6 is 22.7 Å². The molecule has 0 saturated heterocycles. The number of hydrogen-bond donors (Lipinski definition) is 0. The van der Waals surface area contributed by atoms with Crippen LogP contribution in [-0.2, 0) is 6.54 Å². The van der Waals surface area contributed by atoms with Crippen LogP contribution in [0.3, 0.4) is 0 Å². The predicted octanol–water partition coefficient (Wildman–Crippen LogP) is 8.05. The number of aryl methyl sites for hydroxylation is 1. The molecule has 3 heterocycles. The summed E-state index contributed by atoms with van der Waals surface area (Å²) in [5, 5.41) is 7.04. The molecule has 27 heavy (non-hydrogen) atoms. The molecule has 0 aliphatic heterocycles. The van der Waals surface area contributed by atoms with Crippen molar-refractivity contribution in [2.75, 3.05) is 0 Å².